The zero-order valence-corrected chi connectivity index (χ0v) is 29.0. The SMILES string of the molecule is C[C@H]1CC[C@@H](N)CN1Cc1ccccc1.C[C@H]1CC[C@@H](NCc2ccc3c(c2)CN(C2CCC(=O)NC2=O)C3=O)CN1Cc1ccccc1. The van der Waals surface area contributed by atoms with E-state index in [9.17, 15) is 14.4 Å². The normalized spacial score (nSPS) is 26.1. The predicted octanol–water partition coefficient (Wildman–Crippen LogP) is 4.59. The first-order valence-electron chi connectivity index (χ1n) is 18.0. The maximum Gasteiger partial charge on any atom is 0.255 e. The summed E-state index contributed by atoms with van der Waals surface area (Å²) in [6, 6.07) is 28.7. The fraction of sp³-hybridized carbons (Fsp3) is 0.475. The van der Waals surface area contributed by atoms with E-state index in [2.05, 4.69) is 101 Å². The molecule has 3 aromatic rings. The molecular formula is C40H52N6O3. The number of fused-ring (bicyclic) bond motifs is 1. The molecule has 0 aromatic heterocycles. The number of hydrogen-bond acceptors (Lipinski definition) is 7. The van der Waals surface area contributed by atoms with Gasteiger partial charge in [0.05, 0.1) is 0 Å². The topological polar surface area (TPSA) is 111 Å². The van der Waals surface area contributed by atoms with E-state index >= 15 is 0 Å². The van der Waals surface area contributed by atoms with Crippen LogP contribution in [0.3, 0.4) is 0 Å². The van der Waals surface area contributed by atoms with Crippen LogP contribution in [0.5, 0.6) is 0 Å². The molecule has 5 atom stereocenters. The van der Waals surface area contributed by atoms with Gasteiger partial charge in [0.1, 0.15) is 6.04 Å². The number of carbonyl (C=O) groups excluding carboxylic acids is 3. The number of piperidine rings is 3. The van der Waals surface area contributed by atoms with Crippen LogP contribution in [0, 0.1) is 0 Å². The maximum absolute atomic E-state index is 12.9. The van der Waals surface area contributed by atoms with Gasteiger partial charge in [0.25, 0.3) is 5.91 Å². The standard InChI is InChI=1S/C27H32N4O3.C13H20N2/c1-18-7-9-22(17-30(18)15-19-5-3-2-4-6-19)28-14-20-8-10-23-21(13-20)16-31(27(23)34)24-11-12-25(32)29-26(24)33;1-11-7-8-13(14)10-15(11)9-12-5-3-2-4-6-12/h2-6,8,10,13,18,22,24,28H,7,9,11-12,14-17H2,1H3,(H,29,32,33);2-6,11,13H,7-10,14H2,1H3/t18-,22+,24?;11-,13+/m00/s1. The van der Waals surface area contributed by atoms with E-state index in [-0.39, 0.29) is 24.1 Å². The van der Waals surface area contributed by atoms with Crippen LogP contribution in [-0.4, -0.2) is 75.7 Å². The minimum Gasteiger partial charge on any atom is -0.327 e. The molecule has 1 unspecified atom stereocenters. The molecule has 0 spiro atoms. The Labute approximate surface area is 291 Å². The number of carbonyl (C=O) groups is 3. The van der Waals surface area contributed by atoms with Gasteiger partial charge in [0, 0.05) is 75.4 Å². The highest BCUT2D eigenvalue weighted by Gasteiger charge is 2.39. The van der Waals surface area contributed by atoms with Gasteiger partial charge in [-0.05, 0) is 74.3 Å². The van der Waals surface area contributed by atoms with Gasteiger partial charge in [0.15, 0.2) is 0 Å². The average Bonchev–Trinajstić information content (AvgIpc) is 3.43. The van der Waals surface area contributed by atoms with Crippen molar-refractivity contribution < 1.29 is 14.4 Å². The summed E-state index contributed by atoms with van der Waals surface area (Å²) in [5.41, 5.74) is 11.5. The largest absolute Gasteiger partial charge is 0.327 e. The molecule has 4 aliphatic rings. The summed E-state index contributed by atoms with van der Waals surface area (Å²) in [7, 11) is 0. The number of nitrogens with zero attached hydrogens (tertiary/aromatic N) is 3. The van der Waals surface area contributed by atoms with Crippen molar-refractivity contribution in [2.24, 2.45) is 5.73 Å². The Kier molecular flexibility index (Phi) is 11.6. The number of imide groups is 1. The molecule has 4 aliphatic heterocycles. The predicted molar refractivity (Wildman–Crippen MR) is 192 cm³/mol. The second-order valence-corrected chi connectivity index (χ2v) is 14.4. The second kappa shape index (κ2) is 16.2. The van der Waals surface area contributed by atoms with Crippen LogP contribution >= 0.6 is 0 Å². The Morgan fingerprint density at radius 2 is 1.39 bits per heavy atom. The molecule has 3 fully saturated rings. The van der Waals surface area contributed by atoms with Gasteiger partial charge in [-0.25, -0.2) is 0 Å². The van der Waals surface area contributed by atoms with E-state index < -0.39 is 6.04 Å². The van der Waals surface area contributed by atoms with Gasteiger partial charge < -0.3 is 16.0 Å². The fourth-order valence-electron chi connectivity index (χ4n) is 7.63. The fourth-order valence-corrected chi connectivity index (χ4v) is 7.63. The third-order valence-corrected chi connectivity index (χ3v) is 10.7. The maximum atomic E-state index is 12.9. The van der Waals surface area contributed by atoms with Crippen LogP contribution in [0.1, 0.15) is 85.0 Å². The summed E-state index contributed by atoms with van der Waals surface area (Å²) in [4.78, 5) is 43.3. The summed E-state index contributed by atoms with van der Waals surface area (Å²) < 4.78 is 0. The zero-order valence-electron chi connectivity index (χ0n) is 29.0. The average molecular weight is 665 g/mol. The summed E-state index contributed by atoms with van der Waals surface area (Å²) in [6.07, 6.45) is 5.38. The van der Waals surface area contributed by atoms with E-state index in [0.29, 0.717) is 42.7 Å². The summed E-state index contributed by atoms with van der Waals surface area (Å²) in [5.74, 6) is -0.758. The van der Waals surface area contributed by atoms with Gasteiger partial charge >= 0.3 is 0 Å². The Balaban J connectivity index is 0.000000232. The Morgan fingerprint density at radius 1 is 0.755 bits per heavy atom. The Bertz CT molecular complexity index is 1580. The Hall–Kier alpha value is -3.89. The number of amides is 3. The Morgan fingerprint density at radius 3 is 2.04 bits per heavy atom. The number of nitrogens with two attached hydrogens (primary N) is 1. The molecule has 0 radical (unpaired) electrons. The zero-order chi connectivity index (χ0) is 34.3. The lowest BCUT2D eigenvalue weighted by molar-refractivity contribution is -0.136. The summed E-state index contributed by atoms with van der Waals surface area (Å²) in [6.45, 7) is 9.84. The molecule has 49 heavy (non-hydrogen) atoms. The van der Waals surface area contributed by atoms with Crippen LogP contribution in [0.4, 0.5) is 0 Å². The molecule has 3 saturated heterocycles. The monoisotopic (exact) mass is 664 g/mol. The summed E-state index contributed by atoms with van der Waals surface area (Å²) >= 11 is 0. The molecule has 9 nitrogen and oxygen atoms in total. The van der Waals surface area contributed by atoms with Crippen molar-refractivity contribution in [2.45, 2.75) is 109 Å². The number of benzene rings is 3. The van der Waals surface area contributed by atoms with E-state index in [1.54, 1.807) is 4.90 Å². The lowest BCUT2D eigenvalue weighted by Crippen LogP contribution is -2.52. The van der Waals surface area contributed by atoms with Crippen molar-refractivity contribution in [3.8, 4) is 0 Å². The number of rotatable bonds is 8. The third-order valence-electron chi connectivity index (χ3n) is 10.7. The van der Waals surface area contributed by atoms with Crippen molar-refractivity contribution >= 4 is 17.7 Å². The number of likely N-dealkylation sites (tertiary alicyclic amines) is 2. The van der Waals surface area contributed by atoms with Gasteiger partial charge in [-0.1, -0.05) is 72.8 Å². The molecule has 3 amide bonds. The van der Waals surface area contributed by atoms with Gasteiger partial charge in [-0.15, -0.1) is 0 Å². The second-order valence-electron chi connectivity index (χ2n) is 14.4. The van der Waals surface area contributed by atoms with Gasteiger partial charge in [0.2, 0.25) is 11.8 Å². The van der Waals surface area contributed by atoms with Gasteiger partial charge in [-0.2, -0.15) is 0 Å². The van der Waals surface area contributed by atoms with Crippen LogP contribution < -0.4 is 16.4 Å². The molecule has 0 bridgehead atoms. The lowest BCUT2D eigenvalue weighted by Gasteiger charge is -2.38. The van der Waals surface area contributed by atoms with Crippen LogP contribution in [0.25, 0.3) is 0 Å². The van der Waals surface area contributed by atoms with Crippen molar-refractivity contribution in [1.29, 1.82) is 0 Å². The highest BCUT2D eigenvalue weighted by Crippen LogP contribution is 2.28. The first kappa shape index (κ1) is 35.0. The molecule has 260 valence electrons. The van der Waals surface area contributed by atoms with Crippen LogP contribution in [-0.2, 0) is 35.8 Å². The van der Waals surface area contributed by atoms with Crippen LogP contribution in [0.15, 0.2) is 78.9 Å². The molecule has 3 aromatic carbocycles. The van der Waals surface area contributed by atoms with E-state index in [0.717, 1.165) is 50.3 Å². The molecular weight excluding hydrogens is 612 g/mol. The molecule has 0 aliphatic carbocycles. The quantitative estimate of drug-likeness (QED) is 0.302. The minimum atomic E-state index is -0.570. The molecule has 4 N–H and O–H groups in total. The highest BCUT2D eigenvalue weighted by molar-refractivity contribution is 6.05. The van der Waals surface area contributed by atoms with E-state index in [1.807, 2.05) is 12.1 Å². The lowest BCUT2D eigenvalue weighted by atomic mass is 9.98. The van der Waals surface area contributed by atoms with Crippen molar-refractivity contribution in [1.82, 2.24) is 25.3 Å². The van der Waals surface area contributed by atoms with Crippen molar-refractivity contribution in [2.75, 3.05) is 13.1 Å². The highest BCUT2D eigenvalue weighted by atomic mass is 16.2. The van der Waals surface area contributed by atoms with Gasteiger partial charge in [-0.3, -0.25) is 29.5 Å². The van der Waals surface area contributed by atoms with Crippen LogP contribution in [0.2, 0.25) is 0 Å². The first-order chi connectivity index (χ1) is 23.7. The first-order valence-corrected chi connectivity index (χ1v) is 18.0. The number of hydrogen-bond donors (Lipinski definition) is 3. The van der Waals surface area contributed by atoms with Crippen molar-refractivity contribution in [3.05, 3.63) is 107 Å². The number of nitrogens with one attached hydrogen (secondary N) is 2. The van der Waals surface area contributed by atoms with E-state index in [4.69, 9.17) is 5.73 Å². The smallest absolute Gasteiger partial charge is 0.255 e. The molecule has 4 heterocycles. The molecule has 9 heteroatoms. The molecule has 0 saturated carbocycles. The molecule has 7 rings (SSSR count). The van der Waals surface area contributed by atoms with Crippen molar-refractivity contribution in [3.63, 3.8) is 0 Å². The minimum absolute atomic E-state index is 0.123. The third kappa shape index (κ3) is 9.02. The summed E-state index contributed by atoms with van der Waals surface area (Å²) in [5, 5.41) is 6.08. The van der Waals surface area contributed by atoms with E-state index in [1.165, 1.54) is 30.4 Å².